The minimum atomic E-state index is -0.583. The summed E-state index contributed by atoms with van der Waals surface area (Å²) in [6, 6.07) is 12.6. The molecule has 0 unspecified atom stereocenters. The molecule has 0 aliphatic heterocycles. The number of aromatic hydroxyl groups is 2. The van der Waals surface area contributed by atoms with Gasteiger partial charge in [0.25, 0.3) is 5.69 Å². The smallest absolute Gasteiger partial charge is 0.271 e. The van der Waals surface area contributed by atoms with Crippen LogP contribution in [0.15, 0.2) is 75.4 Å². The van der Waals surface area contributed by atoms with Crippen molar-refractivity contribution in [2.75, 3.05) is 0 Å². The van der Waals surface area contributed by atoms with Crippen molar-refractivity contribution in [2.24, 2.45) is 10.2 Å². The summed E-state index contributed by atoms with van der Waals surface area (Å²) < 4.78 is 0.748. The third-order valence-corrected chi connectivity index (χ3v) is 4.87. The number of hydrogen-bond acceptors (Lipinski definition) is 7. The maximum atomic E-state index is 12.4. The van der Waals surface area contributed by atoms with Crippen LogP contribution in [0.2, 0.25) is 5.02 Å². The Morgan fingerprint density at radius 1 is 1.00 bits per heavy atom. The summed E-state index contributed by atoms with van der Waals surface area (Å²) in [5.41, 5.74) is 0.745. The molecule has 0 fully saturated rings. The fourth-order valence-electron chi connectivity index (χ4n) is 2.48. The second kappa shape index (κ2) is 9.50. The first kappa shape index (κ1) is 22.1. The maximum absolute atomic E-state index is 12.4. The normalized spacial score (nSPS) is 11.3. The monoisotopic (exact) mass is 501 g/mol. The number of benzene rings is 3. The van der Waals surface area contributed by atoms with E-state index in [1.54, 1.807) is 12.1 Å². The van der Waals surface area contributed by atoms with Gasteiger partial charge in [-0.15, -0.1) is 10.2 Å². The summed E-state index contributed by atoms with van der Waals surface area (Å²) in [6.45, 7) is 0. The van der Waals surface area contributed by atoms with E-state index in [1.165, 1.54) is 48.6 Å². The molecule has 156 valence electrons. The number of halogens is 2. The van der Waals surface area contributed by atoms with E-state index in [0.29, 0.717) is 5.56 Å². The molecule has 0 atom stereocenters. The van der Waals surface area contributed by atoms with Crippen molar-refractivity contribution in [1.29, 1.82) is 0 Å². The van der Waals surface area contributed by atoms with E-state index in [2.05, 4.69) is 26.2 Å². The largest absolute Gasteiger partial charge is 0.507 e. The quantitative estimate of drug-likeness (QED) is 0.127. The van der Waals surface area contributed by atoms with E-state index in [0.717, 1.165) is 10.5 Å². The highest BCUT2D eigenvalue weighted by atomic mass is 79.9. The highest BCUT2D eigenvalue weighted by Crippen LogP contribution is 2.33. The van der Waals surface area contributed by atoms with Gasteiger partial charge in [0.15, 0.2) is 5.78 Å². The molecule has 3 aromatic carbocycles. The second-order valence-electron chi connectivity index (χ2n) is 6.20. The number of carbonyl (C=O) groups excluding carboxylic acids is 1. The number of allylic oxidation sites excluding steroid dienone is 1. The highest BCUT2D eigenvalue weighted by molar-refractivity contribution is 9.10. The third-order valence-electron chi connectivity index (χ3n) is 4.07. The van der Waals surface area contributed by atoms with E-state index >= 15 is 0 Å². The van der Waals surface area contributed by atoms with Crippen molar-refractivity contribution in [3.63, 3.8) is 0 Å². The number of carbonyl (C=O) groups is 1. The Hall–Kier alpha value is -3.56. The first-order valence-corrected chi connectivity index (χ1v) is 9.81. The number of nitro benzene ring substituents is 1. The van der Waals surface area contributed by atoms with E-state index in [1.807, 2.05) is 0 Å². The molecule has 0 spiro atoms. The minimum absolute atomic E-state index is 0.0239. The zero-order valence-corrected chi connectivity index (χ0v) is 17.9. The molecule has 10 heteroatoms. The average molecular weight is 503 g/mol. The minimum Gasteiger partial charge on any atom is -0.507 e. The number of ketones is 1. The zero-order chi connectivity index (χ0) is 22.5. The van der Waals surface area contributed by atoms with Gasteiger partial charge >= 0.3 is 0 Å². The van der Waals surface area contributed by atoms with Crippen LogP contribution in [0.3, 0.4) is 0 Å². The number of phenols is 2. The third kappa shape index (κ3) is 5.53. The van der Waals surface area contributed by atoms with Crippen molar-refractivity contribution in [3.05, 3.63) is 91.4 Å². The molecule has 8 nitrogen and oxygen atoms in total. The van der Waals surface area contributed by atoms with Gasteiger partial charge in [-0.2, -0.15) is 0 Å². The Balaban J connectivity index is 1.77. The Morgan fingerprint density at radius 2 is 1.71 bits per heavy atom. The molecule has 0 aliphatic rings. The molecule has 0 saturated carbocycles. The molecule has 0 heterocycles. The predicted octanol–water partition coefficient (Wildman–Crippen LogP) is 6.73. The van der Waals surface area contributed by atoms with Gasteiger partial charge in [0.2, 0.25) is 0 Å². The number of phenolic OH excluding ortho intramolecular Hbond substituents is 2. The summed E-state index contributed by atoms with van der Waals surface area (Å²) in [4.78, 5) is 22.5. The van der Waals surface area contributed by atoms with E-state index in [-0.39, 0.29) is 39.1 Å². The van der Waals surface area contributed by atoms with Crippen LogP contribution in [-0.4, -0.2) is 20.9 Å². The number of non-ortho nitro benzene ring substituents is 1. The molecule has 3 aromatic rings. The SMILES string of the molecule is O=C(/C=C\c1cc(Br)ccc1O)c1ccc(N=Nc2ccc([N+](=O)[O-])cc2Cl)c(O)c1. The molecule has 0 amide bonds. The summed E-state index contributed by atoms with van der Waals surface area (Å²) in [5.74, 6) is -0.654. The summed E-state index contributed by atoms with van der Waals surface area (Å²) in [7, 11) is 0. The lowest BCUT2D eigenvalue weighted by atomic mass is 10.1. The standard InChI is InChI=1S/C21H13BrClN3O5/c22-14-3-8-20(28)12(9-14)2-7-19(27)13-1-5-18(21(29)10-13)25-24-17-6-4-15(26(30)31)11-16(17)23/h1-11,28-29H/b7-2-,25-24?. The summed E-state index contributed by atoms with van der Waals surface area (Å²) >= 11 is 9.25. The Bertz CT molecular complexity index is 1240. The van der Waals surface area contributed by atoms with Gasteiger partial charge in [0, 0.05) is 27.7 Å². The van der Waals surface area contributed by atoms with Crippen LogP contribution in [0.1, 0.15) is 15.9 Å². The number of rotatable bonds is 6. The number of nitro groups is 1. The molecule has 3 rings (SSSR count). The van der Waals surface area contributed by atoms with Crippen molar-refractivity contribution in [1.82, 2.24) is 0 Å². The lowest BCUT2D eigenvalue weighted by molar-refractivity contribution is -0.384. The molecular formula is C21H13BrClN3O5. The lowest BCUT2D eigenvalue weighted by Crippen LogP contribution is -1.93. The van der Waals surface area contributed by atoms with E-state index < -0.39 is 10.7 Å². The van der Waals surface area contributed by atoms with Crippen molar-refractivity contribution in [3.8, 4) is 11.5 Å². The fourth-order valence-corrected chi connectivity index (χ4v) is 3.07. The van der Waals surface area contributed by atoms with Gasteiger partial charge in [-0.1, -0.05) is 27.5 Å². The summed E-state index contributed by atoms with van der Waals surface area (Å²) in [6.07, 6.45) is 2.73. The van der Waals surface area contributed by atoms with Crippen LogP contribution in [0.4, 0.5) is 17.1 Å². The molecule has 0 radical (unpaired) electrons. The van der Waals surface area contributed by atoms with Crippen LogP contribution in [0, 0.1) is 10.1 Å². The van der Waals surface area contributed by atoms with Gasteiger partial charge in [0.05, 0.1) is 9.95 Å². The van der Waals surface area contributed by atoms with Gasteiger partial charge in [-0.3, -0.25) is 14.9 Å². The number of azo groups is 1. The van der Waals surface area contributed by atoms with Crippen LogP contribution < -0.4 is 0 Å². The first-order valence-electron chi connectivity index (χ1n) is 8.64. The van der Waals surface area contributed by atoms with Crippen LogP contribution in [0.5, 0.6) is 11.5 Å². The number of nitrogens with zero attached hydrogens (tertiary/aromatic N) is 3. The Labute approximate surface area is 189 Å². The predicted molar refractivity (Wildman–Crippen MR) is 120 cm³/mol. The maximum Gasteiger partial charge on any atom is 0.271 e. The molecule has 0 aromatic heterocycles. The van der Waals surface area contributed by atoms with Crippen molar-refractivity contribution < 1.29 is 19.9 Å². The zero-order valence-electron chi connectivity index (χ0n) is 15.6. The molecular weight excluding hydrogens is 490 g/mol. The Kier molecular flexibility index (Phi) is 6.78. The molecule has 0 saturated heterocycles. The summed E-state index contributed by atoms with van der Waals surface area (Å²) in [5, 5.41) is 38.5. The molecule has 2 N–H and O–H groups in total. The van der Waals surface area contributed by atoms with Gasteiger partial charge in [-0.05, 0) is 54.6 Å². The average Bonchev–Trinajstić information content (AvgIpc) is 2.73. The molecule has 0 bridgehead atoms. The highest BCUT2D eigenvalue weighted by Gasteiger charge is 2.10. The second-order valence-corrected chi connectivity index (χ2v) is 7.52. The first-order chi connectivity index (χ1) is 14.7. The van der Waals surface area contributed by atoms with Crippen LogP contribution >= 0.6 is 27.5 Å². The van der Waals surface area contributed by atoms with Crippen LogP contribution in [-0.2, 0) is 0 Å². The van der Waals surface area contributed by atoms with E-state index in [4.69, 9.17) is 11.6 Å². The van der Waals surface area contributed by atoms with Gasteiger partial charge < -0.3 is 10.2 Å². The van der Waals surface area contributed by atoms with Gasteiger partial charge in [0.1, 0.15) is 22.9 Å². The number of hydrogen-bond donors (Lipinski definition) is 2. The topological polar surface area (TPSA) is 125 Å². The Morgan fingerprint density at radius 3 is 2.39 bits per heavy atom. The fraction of sp³-hybridized carbons (Fsp3) is 0. The molecule has 0 aliphatic carbocycles. The van der Waals surface area contributed by atoms with Crippen molar-refractivity contribution in [2.45, 2.75) is 0 Å². The van der Waals surface area contributed by atoms with Crippen LogP contribution in [0.25, 0.3) is 6.08 Å². The lowest BCUT2D eigenvalue weighted by Gasteiger charge is -2.02. The molecule has 31 heavy (non-hydrogen) atoms. The van der Waals surface area contributed by atoms with Crippen molar-refractivity contribution >= 4 is 56.5 Å². The van der Waals surface area contributed by atoms with E-state index in [9.17, 15) is 25.1 Å². The van der Waals surface area contributed by atoms with Gasteiger partial charge in [-0.25, -0.2) is 0 Å².